The smallest absolute Gasteiger partial charge is 0.285 e. The summed E-state index contributed by atoms with van der Waals surface area (Å²) in [6.07, 6.45) is 2.52. The van der Waals surface area contributed by atoms with E-state index in [0.717, 1.165) is 5.92 Å². The van der Waals surface area contributed by atoms with Crippen LogP contribution < -0.4 is 5.32 Å². The van der Waals surface area contributed by atoms with Crippen LogP contribution in [-0.4, -0.2) is 13.1 Å². The first kappa shape index (κ1) is 12.5. The zero-order valence-electron chi connectivity index (χ0n) is 10.1. The Bertz CT molecular complexity index is 346. The minimum atomic E-state index is -2.77. The van der Waals surface area contributed by atoms with E-state index in [1.807, 2.05) is 0 Å². The van der Waals surface area contributed by atoms with Crippen molar-refractivity contribution in [2.24, 2.45) is 11.8 Å². The lowest BCUT2D eigenvalue weighted by Gasteiger charge is -2.19. The molecule has 1 saturated carbocycles. The molecule has 0 bridgehead atoms. The van der Waals surface area contributed by atoms with Gasteiger partial charge >= 0.3 is 0 Å². The molecule has 1 aromatic rings. The summed E-state index contributed by atoms with van der Waals surface area (Å²) < 4.78 is 27.5. The molecule has 0 spiro atoms. The molecule has 1 N–H and O–H groups in total. The van der Waals surface area contributed by atoms with Crippen LogP contribution in [0, 0.1) is 11.8 Å². The molecule has 94 valence electrons. The molecular weight excluding hydrogens is 220 g/mol. The minimum Gasteiger partial charge on any atom is -0.311 e. The van der Waals surface area contributed by atoms with Gasteiger partial charge in [-0.15, -0.1) is 0 Å². The van der Waals surface area contributed by atoms with Gasteiger partial charge in [0.05, 0.1) is 6.54 Å². The molecular formula is C14H19F2N. The van der Waals surface area contributed by atoms with Gasteiger partial charge in [0.2, 0.25) is 0 Å². The lowest BCUT2D eigenvalue weighted by Crippen LogP contribution is -2.33. The molecule has 1 unspecified atom stereocenters. The molecule has 1 nitrogen and oxygen atoms in total. The molecule has 2 rings (SSSR count). The summed E-state index contributed by atoms with van der Waals surface area (Å²) in [7, 11) is 0. The van der Waals surface area contributed by atoms with E-state index in [2.05, 4.69) is 12.2 Å². The summed E-state index contributed by atoms with van der Waals surface area (Å²) in [5.74, 6) is -1.50. The third-order valence-electron chi connectivity index (χ3n) is 3.44. The van der Waals surface area contributed by atoms with Crippen molar-refractivity contribution < 1.29 is 8.78 Å². The highest BCUT2D eigenvalue weighted by molar-refractivity contribution is 5.20. The predicted octanol–water partition coefficient (Wildman–Crippen LogP) is 3.41. The zero-order valence-corrected chi connectivity index (χ0v) is 10.1. The van der Waals surface area contributed by atoms with E-state index in [4.69, 9.17) is 0 Å². The number of nitrogens with one attached hydrogen (secondary N) is 1. The first-order chi connectivity index (χ1) is 8.09. The molecule has 0 radical (unpaired) electrons. The average molecular weight is 239 g/mol. The Morgan fingerprint density at radius 2 is 1.94 bits per heavy atom. The van der Waals surface area contributed by atoms with Crippen LogP contribution in [0.4, 0.5) is 8.78 Å². The van der Waals surface area contributed by atoms with Crippen LogP contribution in [0.15, 0.2) is 30.3 Å². The van der Waals surface area contributed by atoms with Crippen LogP contribution in [0.1, 0.15) is 25.3 Å². The fourth-order valence-corrected chi connectivity index (χ4v) is 2.07. The Balaban J connectivity index is 1.80. The molecule has 17 heavy (non-hydrogen) atoms. The maximum absolute atomic E-state index is 13.8. The zero-order chi connectivity index (χ0) is 12.3. The second-order valence-electron chi connectivity index (χ2n) is 5.02. The lowest BCUT2D eigenvalue weighted by atomic mass is 10.1. The van der Waals surface area contributed by atoms with Gasteiger partial charge in [-0.2, -0.15) is 8.78 Å². The molecule has 1 aromatic carbocycles. The van der Waals surface area contributed by atoms with Crippen molar-refractivity contribution in [1.82, 2.24) is 5.32 Å². The van der Waals surface area contributed by atoms with Crippen LogP contribution in [0.2, 0.25) is 0 Å². The summed E-state index contributed by atoms with van der Waals surface area (Å²) in [5.41, 5.74) is 0.0894. The van der Waals surface area contributed by atoms with E-state index < -0.39 is 5.92 Å². The Morgan fingerprint density at radius 1 is 1.29 bits per heavy atom. The summed E-state index contributed by atoms with van der Waals surface area (Å²) in [5, 5.41) is 2.90. The van der Waals surface area contributed by atoms with Crippen molar-refractivity contribution >= 4 is 0 Å². The standard InChI is InChI=1S/C14H19F2N/c1-11(12-7-8-12)9-17-10-14(15,16)13-5-3-2-4-6-13/h2-6,11-12,17H,7-10H2,1H3. The van der Waals surface area contributed by atoms with E-state index in [1.54, 1.807) is 18.2 Å². The molecule has 0 aromatic heterocycles. The van der Waals surface area contributed by atoms with Gasteiger partial charge in [0.15, 0.2) is 0 Å². The Labute approximate surface area is 101 Å². The van der Waals surface area contributed by atoms with E-state index in [1.165, 1.54) is 25.0 Å². The molecule has 0 saturated heterocycles. The van der Waals surface area contributed by atoms with Crippen molar-refractivity contribution in [2.75, 3.05) is 13.1 Å². The fourth-order valence-electron chi connectivity index (χ4n) is 2.07. The van der Waals surface area contributed by atoms with E-state index in [9.17, 15) is 8.78 Å². The number of rotatable bonds is 6. The summed E-state index contributed by atoms with van der Waals surface area (Å²) in [6, 6.07) is 8.01. The number of benzene rings is 1. The molecule has 0 heterocycles. The van der Waals surface area contributed by atoms with Gasteiger partial charge in [-0.1, -0.05) is 37.3 Å². The van der Waals surface area contributed by atoms with Crippen molar-refractivity contribution in [3.8, 4) is 0 Å². The lowest BCUT2D eigenvalue weighted by molar-refractivity contribution is -0.00383. The third kappa shape index (κ3) is 3.50. The Morgan fingerprint density at radius 3 is 2.53 bits per heavy atom. The maximum Gasteiger partial charge on any atom is 0.285 e. The van der Waals surface area contributed by atoms with Crippen molar-refractivity contribution in [2.45, 2.75) is 25.7 Å². The highest BCUT2D eigenvalue weighted by Crippen LogP contribution is 2.36. The van der Waals surface area contributed by atoms with Gasteiger partial charge in [-0.3, -0.25) is 0 Å². The van der Waals surface area contributed by atoms with Crippen LogP contribution in [0.5, 0.6) is 0 Å². The van der Waals surface area contributed by atoms with Crippen LogP contribution >= 0.6 is 0 Å². The molecule has 1 atom stereocenters. The molecule has 1 aliphatic rings. The Hall–Kier alpha value is -0.960. The first-order valence-electron chi connectivity index (χ1n) is 6.23. The summed E-state index contributed by atoms with van der Waals surface area (Å²) >= 11 is 0. The number of hydrogen-bond acceptors (Lipinski definition) is 1. The molecule has 0 aliphatic heterocycles. The van der Waals surface area contributed by atoms with E-state index >= 15 is 0 Å². The van der Waals surface area contributed by atoms with Crippen LogP contribution in [0.25, 0.3) is 0 Å². The number of halogens is 2. The van der Waals surface area contributed by atoms with Gasteiger partial charge in [0.25, 0.3) is 5.92 Å². The monoisotopic (exact) mass is 239 g/mol. The van der Waals surface area contributed by atoms with Gasteiger partial charge in [0.1, 0.15) is 0 Å². The van der Waals surface area contributed by atoms with Crippen molar-refractivity contribution in [3.63, 3.8) is 0 Å². The van der Waals surface area contributed by atoms with Crippen molar-refractivity contribution in [3.05, 3.63) is 35.9 Å². The SMILES string of the molecule is CC(CNCC(F)(F)c1ccccc1)C1CC1. The van der Waals surface area contributed by atoms with Crippen molar-refractivity contribution in [1.29, 1.82) is 0 Å². The van der Waals surface area contributed by atoms with E-state index in [-0.39, 0.29) is 12.1 Å². The molecule has 3 heteroatoms. The number of alkyl halides is 2. The highest BCUT2D eigenvalue weighted by atomic mass is 19.3. The topological polar surface area (TPSA) is 12.0 Å². The highest BCUT2D eigenvalue weighted by Gasteiger charge is 2.32. The molecule has 0 amide bonds. The normalized spacial score (nSPS) is 18.1. The number of hydrogen-bond donors (Lipinski definition) is 1. The quantitative estimate of drug-likeness (QED) is 0.802. The van der Waals surface area contributed by atoms with Gasteiger partial charge in [0, 0.05) is 5.56 Å². The molecule has 1 fully saturated rings. The second-order valence-corrected chi connectivity index (χ2v) is 5.02. The minimum absolute atomic E-state index is 0.0894. The van der Waals surface area contributed by atoms with Gasteiger partial charge in [-0.25, -0.2) is 0 Å². The molecule has 1 aliphatic carbocycles. The largest absolute Gasteiger partial charge is 0.311 e. The third-order valence-corrected chi connectivity index (χ3v) is 3.44. The maximum atomic E-state index is 13.8. The van der Waals surface area contributed by atoms with Crippen LogP contribution in [-0.2, 0) is 5.92 Å². The fraction of sp³-hybridized carbons (Fsp3) is 0.571. The van der Waals surface area contributed by atoms with Gasteiger partial charge < -0.3 is 5.32 Å². The second kappa shape index (κ2) is 5.13. The Kier molecular flexibility index (Phi) is 3.77. The predicted molar refractivity (Wildman–Crippen MR) is 65.1 cm³/mol. The first-order valence-corrected chi connectivity index (χ1v) is 6.23. The average Bonchev–Trinajstić information content (AvgIpc) is 3.14. The summed E-state index contributed by atoms with van der Waals surface area (Å²) in [6.45, 7) is 2.55. The van der Waals surface area contributed by atoms with Crippen LogP contribution in [0.3, 0.4) is 0 Å². The van der Waals surface area contributed by atoms with E-state index in [0.29, 0.717) is 12.5 Å². The summed E-state index contributed by atoms with van der Waals surface area (Å²) in [4.78, 5) is 0. The van der Waals surface area contributed by atoms with Gasteiger partial charge in [-0.05, 0) is 31.2 Å².